The SMILES string of the molecule is CCCCCCCCOCCOCN1C(=O)CCc2ccc(OCCCCN3CCN(c4cccc5sccc45)CC3)cc21. The van der Waals surface area contributed by atoms with Crippen molar-refractivity contribution in [2.24, 2.45) is 0 Å². The predicted molar refractivity (Wildman–Crippen MR) is 182 cm³/mol. The summed E-state index contributed by atoms with van der Waals surface area (Å²) in [6.45, 7) is 10.5. The molecule has 1 amide bonds. The second-order valence-corrected chi connectivity index (χ2v) is 13.0. The van der Waals surface area contributed by atoms with E-state index in [0.29, 0.717) is 26.2 Å². The summed E-state index contributed by atoms with van der Waals surface area (Å²) in [7, 11) is 0. The first kappa shape index (κ1) is 32.7. The van der Waals surface area contributed by atoms with E-state index in [2.05, 4.69) is 52.4 Å². The van der Waals surface area contributed by atoms with E-state index in [9.17, 15) is 4.79 Å². The summed E-state index contributed by atoms with van der Waals surface area (Å²) in [5.74, 6) is 0.927. The van der Waals surface area contributed by atoms with Crippen LogP contribution in [0.2, 0.25) is 0 Å². The van der Waals surface area contributed by atoms with Gasteiger partial charge >= 0.3 is 0 Å². The summed E-state index contributed by atoms with van der Waals surface area (Å²) in [5.41, 5.74) is 3.47. The van der Waals surface area contributed by atoms with Gasteiger partial charge in [-0.05, 0) is 67.4 Å². The molecule has 3 aromatic rings. The summed E-state index contributed by atoms with van der Waals surface area (Å²) in [5, 5.41) is 3.57. The van der Waals surface area contributed by atoms with Crippen LogP contribution >= 0.6 is 11.3 Å². The van der Waals surface area contributed by atoms with Gasteiger partial charge in [0.15, 0.2) is 0 Å². The second-order valence-electron chi connectivity index (χ2n) is 12.0. The summed E-state index contributed by atoms with van der Waals surface area (Å²) in [6.07, 6.45) is 11.0. The number of rotatable bonds is 19. The first-order chi connectivity index (χ1) is 21.7. The van der Waals surface area contributed by atoms with Gasteiger partial charge < -0.3 is 19.1 Å². The van der Waals surface area contributed by atoms with Gasteiger partial charge in [-0.25, -0.2) is 0 Å². The van der Waals surface area contributed by atoms with E-state index in [0.717, 1.165) is 76.5 Å². The maximum Gasteiger partial charge on any atom is 0.229 e. The van der Waals surface area contributed by atoms with Gasteiger partial charge in [0.1, 0.15) is 12.5 Å². The Bertz CT molecular complexity index is 1290. The van der Waals surface area contributed by atoms with E-state index < -0.39 is 0 Å². The molecule has 0 bridgehead atoms. The fraction of sp³-hybridized carbons (Fsp3) is 0.583. The number of unbranched alkanes of at least 4 members (excludes halogenated alkanes) is 6. The van der Waals surface area contributed by atoms with Crippen LogP contribution in [0.1, 0.15) is 70.3 Å². The van der Waals surface area contributed by atoms with E-state index >= 15 is 0 Å². The summed E-state index contributed by atoms with van der Waals surface area (Å²) in [6, 6.07) is 15.1. The van der Waals surface area contributed by atoms with Gasteiger partial charge in [0.2, 0.25) is 5.91 Å². The fourth-order valence-corrected chi connectivity index (χ4v) is 7.01. The maximum atomic E-state index is 12.7. The molecule has 3 heterocycles. The van der Waals surface area contributed by atoms with Crippen molar-refractivity contribution in [1.29, 1.82) is 0 Å². The van der Waals surface area contributed by atoms with Crippen LogP contribution in [-0.2, 0) is 20.7 Å². The molecule has 0 atom stereocenters. The van der Waals surface area contributed by atoms with Crippen LogP contribution in [0.15, 0.2) is 47.8 Å². The molecule has 2 aromatic carbocycles. The molecule has 2 aliphatic heterocycles. The third-order valence-corrected chi connectivity index (χ3v) is 9.70. The Morgan fingerprint density at radius 2 is 1.59 bits per heavy atom. The molecule has 1 saturated heterocycles. The van der Waals surface area contributed by atoms with Gasteiger partial charge in [-0.3, -0.25) is 14.6 Å². The van der Waals surface area contributed by atoms with Gasteiger partial charge in [0.05, 0.1) is 25.5 Å². The second kappa shape index (κ2) is 17.7. The van der Waals surface area contributed by atoms with Crippen LogP contribution < -0.4 is 14.5 Å². The van der Waals surface area contributed by atoms with Crippen LogP contribution in [0.5, 0.6) is 5.75 Å². The quantitative estimate of drug-likeness (QED) is 0.129. The Hall–Kier alpha value is -2.65. The van der Waals surface area contributed by atoms with Crippen LogP contribution in [0.3, 0.4) is 0 Å². The molecule has 8 heteroatoms. The number of hydrogen-bond acceptors (Lipinski definition) is 7. The Morgan fingerprint density at radius 1 is 0.773 bits per heavy atom. The molecule has 5 rings (SSSR count). The monoisotopic (exact) mass is 621 g/mol. The van der Waals surface area contributed by atoms with Crippen molar-refractivity contribution in [1.82, 2.24) is 4.90 Å². The Morgan fingerprint density at radius 3 is 2.48 bits per heavy atom. The minimum Gasteiger partial charge on any atom is -0.494 e. The van der Waals surface area contributed by atoms with Crippen molar-refractivity contribution in [3.05, 3.63) is 53.4 Å². The number of fused-ring (bicyclic) bond motifs is 2. The fourth-order valence-electron chi connectivity index (χ4n) is 6.20. The lowest BCUT2D eigenvalue weighted by Crippen LogP contribution is -2.46. The van der Waals surface area contributed by atoms with Gasteiger partial charge in [-0.1, -0.05) is 51.2 Å². The lowest BCUT2D eigenvalue weighted by molar-refractivity contribution is -0.120. The molecule has 1 aromatic heterocycles. The molecule has 44 heavy (non-hydrogen) atoms. The van der Waals surface area contributed by atoms with Gasteiger partial charge in [-0.2, -0.15) is 0 Å². The zero-order chi connectivity index (χ0) is 30.4. The zero-order valence-corrected chi connectivity index (χ0v) is 27.5. The Labute approximate surface area is 268 Å². The van der Waals surface area contributed by atoms with Crippen LogP contribution in [-0.4, -0.2) is 76.7 Å². The average molecular weight is 622 g/mol. The molecule has 0 N–H and O–H groups in total. The zero-order valence-electron chi connectivity index (χ0n) is 26.6. The molecular formula is C36H51N3O4S. The van der Waals surface area contributed by atoms with Crippen LogP contribution in [0.25, 0.3) is 10.1 Å². The van der Waals surface area contributed by atoms with Gasteiger partial charge in [0.25, 0.3) is 0 Å². The highest BCUT2D eigenvalue weighted by molar-refractivity contribution is 7.17. The van der Waals surface area contributed by atoms with Crippen molar-refractivity contribution < 1.29 is 19.0 Å². The number of benzene rings is 2. The first-order valence-corrected chi connectivity index (χ1v) is 17.8. The molecule has 240 valence electrons. The average Bonchev–Trinajstić information content (AvgIpc) is 3.54. The number of nitrogens with zero attached hydrogens (tertiary/aromatic N) is 3. The smallest absolute Gasteiger partial charge is 0.229 e. The van der Waals surface area contributed by atoms with Crippen molar-refractivity contribution in [3.63, 3.8) is 0 Å². The molecule has 1 fully saturated rings. The number of piperazine rings is 1. The molecular weight excluding hydrogens is 570 g/mol. The molecule has 0 aliphatic carbocycles. The van der Waals surface area contributed by atoms with Crippen molar-refractivity contribution in [2.45, 2.75) is 71.1 Å². The van der Waals surface area contributed by atoms with E-state index in [1.807, 2.05) is 23.5 Å². The number of hydrogen-bond donors (Lipinski definition) is 0. The van der Waals surface area contributed by atoms with Crippen molar-refractivity contribution in [3.8, 4) is 5.75 Å². The normalized spacial score (nSPS) is 15.7. The highest BCUT2D eigenvalue weighted by Gasteiger charge is 2.25. The summed E-state index contributed by atoms with van der Waals surface area (Å²) < 4.78 is 19.1. The molecule has 0 saturated carbocycles. The molecule has 0 spiro atoms. The standard InChI is InChI=1S/C36H51N3O4S/c1-2-3-4-5-6-8-23-41-25-26-42-29-39-34-28-31(15-13-30(34)14-16-36(39)40)43-24-9-7-18-37-19-21-38(22-20-37)33-11-10-12-35-32(33)17-27-44-35/h10-13,15,17,27-28H,2-9,14,16,18-26,29H2,1H3. The van der Waals surface area contributed by atoms with Crippen molar-refractivity contribution >= 4 is 38.7 Å². The first-order valence-electron chi connectivity index (χ1n) is 16.9. The molecule has 0 unspecified atom stereocenters. The number of amides is 1. The predicted octanol–water partition coefficient (Wildman–Crippen LogP) is 7.51. The lowest BCUT2D eigenvalue weighted by atomic mass is 10.0. The van der Waals surface area contributed by atoms with E-state index in [4.69, 9.17) is 14.2 Å². The van der Waals surface area contributed by atoms with Gasteiger partial charge in [0, 0.05) is 61.0 Å². The Kier molecular flexibility index (Phi) is 13.2. The van der Waals surface area contributed by atoms with Crippen LogP contribution in [0.4, 0.5) is 11.4 Å². The molecule has 2 aliphatic rings. The maximum absolute atomic E-state index is 12.7. The topological polar surface area (TPSA) is 54.5 Å². The van der Waals surface area contributed by atoms with E-state index in [-0.39, 0.29) is 12.6 Å². The molecule has 7 nitrogen and oxygen atoms in total. The summed E-state index contributed by atoms with van der Waals surface area (Å²) >= 11 is 1.82. The van der Waals surface area contributed by atoms with Crippen LogP contribution in [0, 0.1) is 0 Å². The highest BCUT2D eigenvalue weighted by Crippen LogP contribution is 2.32. The highest BCUT2D eigenvalue weighted by atomic mass is 32.1. The number of carbonyl (C=O) groups excluding carboxylic acids is 1. The largest absolute Gasteiger partial charge is 0.494 e. The van der Waals surface area contributed by atoms with Gasteiger partial charge in [-0.15, -0.1) is 11.3 Å². The third kappa shape index (κ3) is 9.43. The number of anilines is 2. The molecule has 0 radical (unpaired) electrons. The Balaban J connectivity index is 0.969. The van der Waals surface area contributed by atoms with E-state index in [1.54, 1.807) is 4.90 Å². The number of thiophene rings is 1. The number of aryl methyl sites for hydroxylation is 1. The summed E-state index contributed by atoms with van der Waals surface area (Å²) in [4.78, 5) is 19.6. The number of ether oxygens (including phenoxy) is 3. The third-order valence-electron chi connectivity index (χ3n) is 8.81. The minimum atomic E-state index is 0.106. The van der Waals surface area contributed by atoms with Crippen molar-refractivity contribution in [2.75, 3.05) is 75.7 Å². The number of carbonyl (C=O) groups is 1. The van der Waals surface area contributed by atoms with E-state index in [1.165, 1.54) is 53.4 Å². The minimum absolute atomic E-state index is 0.106. The lowest BCUT2D eigenvalue weighted by Gasteiger charge is -2.36.